The Hall–Kier alpha value is -1.70. The van der Waals surface area contributed by atoms with Crippen molar-refractivity contribution in [2.75, 3.05) is 7.05 Å². The fourth-order valence-electron chi connectivity index (χ4n) is 1.89. The predicted molar refractivity (Wildman–Crippen MR) is 76.6 cm³/mol. The van der Waals surface area contributed by atoms with Crippen LogP contribution in [-0.2, 0) is 16.6 Å². The van der Waals surface area contributed by atoms with Gasteiger partial charge in [-0.2, -0.15) is 0 Å². The van der Waals surface area contributed by atoms with Crippen molar-refractivity contribution in [1.29, 1.82) is 0 Å². The lowest BCUT2D eigenvalue weighted by Gasteiger charge is -2.13. The average molecular weight is 312 g/mol. The normalized spacial score (nSPS) is 13.3. The number of sulfonamides is 1. The van der Waals surface area contributed by atoms with Gasteiger partial charge in [-0.3, -0.25) is 0 Å². The minimum Gasteiger partial charge on any atom is -0.447 e. The third-order valence-corrected chi connectivity index (χ3v) is 4.41. The maximum atomic E-state index is 13.6. The number of hydrogen-bond acceptors (Lipinski definition) is 4. The van der Waals surface area contributed by atoms with Gasteiger partial charge in [0.05, 0.1) is 6.54 Å². The molecule has 0 bridgehead atoms. The molecule has 5 nitrogen and oxygen atoms in total. The van der Waals surface area contributed by atoms with E-state index in [-0.39, 0.29) is 17.0 Å². The van der Waals surface area contributed by atoms with Gasteiger partial charge in [0.2, 0.25) is 5.09 Å². The van der Waals surface area contributed by atoms with Crippen molar-refractivity contribution in [3.63, 3.8) is 0 Å². The molecule has 0 aliphatic rings. The van der Waals surface area contributed by atoms with Gasteiger partial charge < -0.3 is 9.73 Å². The Morgan fingerprint density at radius 1 is 1.24 bits per heavy atom. The molecule has 0 fully saturated rings. The van der Waals surface area contributed by atoms with Crippen LogP contribution < -0.4 is 10.0 Å². The molecule has 114 valence electrons. The Bertz CT molecular complexity index is 713. The first-order valence-electron chi connectivity index (χ1n) is 6.44. The third kappa shape index (κ3) is 3.69. The van der Waals surface area contributed by atoms with Gasteiger partial charge in [-0.15, -0.1) is 0 Å². The van der Waals surface area contributed by atoms with Gasteiger partial charge in [-0.25, -0.2) is 17.5 Å². The van der Waals surface area contributed by atoms with Crippen molar-refractivity contribution in [3.05, 3.63) is 53.5 Å². The molecular formula is C14H17FN2O3S. The molecule has 1 aromatic heterocycles. The maximum Gasteiger partial charge on any atom is 0.273 e. The molecule has 7 heteroatoms. The highest BCUT2D eigenvalue weighted by Gasteiger charge is 2.17. The quantitative estimate of drug-likeness (QED) is 0.857. The predicted octanol–water partition coefficient (Wildman–Crippen LogP) is 2.18. The highest BCUT2D eigenvalue weighted by atomic mass is 32.2. The number of halogens is 1. The SMILES string of the molecule is CNS(=O)(=O)c1ccc(CNC(C)c2ccccc2F)o1. The second-order valence-corrected chi connectivity index (χ2v) is 6.37. The van der Waals surface area contributed by atoms with Gasteiger partial charge in [0.1, 0.15) is 11.6 Å². The first-order valence-corrected chi connectivity index (χ1v) is 7.92. The van der Waals surface area contributed by atoms with Crippen molar-refractivity contribution in [2.45, 2.75) is 24.6 Å². The van der Waals surface area contributed by atoms with Crippen LogP contribution in [0.25, 0.3) is 0 Å². The Morgan fingerprint density at radius 3 is 2.62 bits per heavy atom. The van der Waals surface area contributed by atoms with Gasteiger partial charge in [0.25, 0.3) is 10.0 Å². The first kappa shape index (κ1) is 15.7. The van der Waals surface area contributed by atoms with E-state index in [0.717, 1.165) is 0 Å². The van der Waals surface area contributed by atoms with E-state index in [1.54, 1.807) is 24.3 Å². The summed E-state index contributed by atoms with van der Waals surface area (Å²) in [4.78, 5) is 0. The van der Waals surface area contributed by atoms with Crippen LogP contribution in [-0.4, -0.2) is 15.5 Å². The molecule has 0 saturated carbocycles. The smallest absolute Gasteiger partial charge is 0.273 e. The summed E-state index contributed by atoms with van der Waals surface area (Å²) in [5.74, 6) is 0.183. The van der Waals surface area contributed by atoms with Crippen molar-refractivity contribution in [3.8, 4) is 0 Å². The molecule has 21 heavy (non-hydrogen) atoms. The van der Waals surface area contributed by atoms with Crippen LogP contribution in [0.15, 0.2) is 45.9 Å². The van der Waals surface area contributed by atoms with Crippen LogP contribution in [0.3, 0.4) is 0 Å². The van der Waals surface area contributed by atoms with Crippen molar-refractivity contribution in [1.82, 2.24) is 10.0 Å². The summed E-state index contributed by atoms with van der Waals surface area (Å²) in [6.07, 6.45) is 0. The van der Waals surface area contributed by atoms with E-state index < -0.39 is 10.0 Å². The van der Waals surface area contributed by atoms with E-state index in [9.17, 15) is 12.8 Å². The highest BCUT2D eigenvalue weighted by Crippen LogP contribution is 2.18. The number of nitrogens with one attached hydrogen (secondary N) is 2. The molecule has 2 aromatic rings. The number of rotatable bonds is 6. The molecule has 1 unspecified atom stereocenters. The van der Waals surface area contributed by atoms with E-state index in [2.05, 4.69) is 10.0 Å². The number of furan rings is 1. The van der Waals surface area contributed by atoms with Crippen molar-refractivity contribution < 1.29 is 17.2 Å². The number of benzene rings is 1. The lowest BCUT2D eigenvalue weighted by atomic mass is 10.1. The minimum atomic E-state index is -3.58. The molecule has 1 heterocycles. The summed E-state index contributed by atoms with van der Waals surface area (Å²) in [5, 5.41) is 2.95. The Kier molecular flexibility index (Phi) is 4.76. The van der Waals surface area contributed by atoms with E-state index in [1.807, 2.05) is 6.92 Å². The highest BCUT2D eigenvalue weighted by molar-refractivity contribution is 7.89. The van der Waals surface area contributed by atoms with Crippen LogP contribution in [0.1, 0.15) is 24.3 Å². The molecule has 0 saturated heterocycles. The summed E-state index contributed by atoms with van der Waals surface area (Å²) in [6.45, 7) is 2.13. The minimum absolute atomic E-state index is 0.139. The topological polar surface area (TPSA) is 71.3 Å². The summed E-state index contributed by atoms with van der Waals surface area (Å²) in [7, 11) is -2.26. The Morgan fingerprint density at radius 2 is 1.95 bits per heavy atom. The van der Waals surface area contributed by atoms with Gasteiger partial charge in [-0.1, -0.05) is 18.2 Å². The van der Waals surface area contributed by atoms with E-state index in [0.29, 0.717) is 17.9 Å². The van der Waals surface area contributed by atoms with Crippen molar-refractivity contribution >= 4 is 10.0 Å². The maximum absolute atomic E-state index is 13.6. The Balaban J connectivity index is 2.03. The zero-order chi connectivity index (χ0) is 15.5. The molecule has 0 radical (unpaired) electrons. The fraction of sp³-hybridized carbons (Fsp3) is 0.286. The summed E-state index contributed by atoms with van der Waals surface area (Å²) in [6, 6.07) is 9.24. The van der Waals surface area contributed by atoms with Crippen LogP contribution in [0.4, 0.5) is 4.39 Å². The molecule has 2 rings (SSSR count). The van der Waals surface area contributed by atoms with E-state index >= 15 is 0 Å². The lowest BCUT2D eigenvalue weighted by molar-refractivity contribution is 0.390. The molecule has 1 atom stereocenters. The van der Waals surface area contributed by atoms with Crippen LogP contribution in [0.2, 0.25) is 0 Å². The van der Waals surface area contributed by atoms with E-state index in [1.165, 1.54) is 19.2 Å². The van der Waals surface area contributed by atoms with Gasteiger partial charge in [0.15, 0.2) is 0 Å². The van der Waals surface area contributed by atoms with Gasteiger partial charge >= 0.3 is 0 Å². The summed E-state index contributed by atoms with van der Waals surface area (Å²) < 4.78 is 44.1. The second kappa shape index (κ2) is 6.38. The molecule has 2 N–H and O–H groups in total. The monoisotopic (exact) mass is 312 g/mol. The average Bonchev–Trinajstić information content (AvgIpc) is 2.95. The van der Waals surface area contributed by atoms with E-state index in [4.69, 9.17) is 4.42 Å². The van der Waals surface area contributed by atoms with Crippen LogP contribution in [0.5, 0.6) is 0 Å². The molecule has 0 amide bonds. The third-order valence-electron chi connectivity index (χ3n) is 3.12. The Labute approximate surface area is 123 Å². The van der Waals surface area contributed by atoms with Crippen LogP contribution >= 0.6 is 0 Å². The first-order chi connectivity index (χ1) is 9.94. The standard InChI is InChI=1S/C14H17FN2O3S/c1-10(12-5-3-4-6-13(12)15)17-9-11-7-8-14(20-11)21(18,19)16-2/h3-8,10,16-17H,9H2,1-2H3. The molecule has 0 aliphatic carbocycles. The van der Waals surface area contributed by atoms with Crippen LogP contribution in [0, 0.1) is 5.82 Å². The number of hydrogen-bond donors (Lipinski definition) is 2. The van der Waals surface area contributed by atoms with Gasteiger partial charge in [0, 0.05) is 11.6 Å². The van der Waals surface area contributed by atoms with Gasteiger partial charge in [-0.05, 0) is 32.2 Å². The zero-order valence-corrected chi connectivity index (χ0v) is 12.6. The molecule has 0 spiro atoms. The molecule has 1 aromatic carbocycles. The largest absolute Gasteiger partial charge is 0.447 e. The molecule has 0 aliphatic heterocycles. The molecular weight excluding hydrogens is 295 g/mol. The summed E-state index contributed by atoms with van der Waals surface area (Å²) >= 11 is 0. The van der Waals surface area contributed by atoms with Crippen molar-refractivity contribution in [2.24, 2.45) is 0 Å². The lowest BCUT2D eigenvalue weighted by Crippen LogP contribution is -2.19. The second-order valence-electron chi connectivity index (χ2n) is 4.55. The summed E-state index contributed by atoms with van der Waals surface area (Å²) in [5.41, 5.74) is 0.548. The fourth-order valence-corrected chi connectivity index (χ4v) is 2.55. The zero-order valence-electron chi connectivity index (χ0n) is 11.8.